The summed E-state index contributed by atoms with van der Waals surface area (Å²) in [6.45, 7) is 2.13. The van der Waals surface area contributed by atoms with Crippen LogP contribution in [0, 0.1) is 17.2 Å². The van der Waals surface area contributed by atoms with Crippen LogP contribution in [0.2, 0.25) is 10.0 Å². The fourth-order valence-corrected chi connectivity index (χ4v) is 3.73. The Morgan fingerprint density at radius 1 is 1.26 bits per heavy atom. The SMILES string of the molecule is C[C@@H]1CCCC[C@@H]1NC(=O)/C(C#N)=C/c1ccc(-c2cccc(Cl)c2Cl)o1. The first-order valence-electron chi connectivity index (χ1n) is 8.96. The summed E-state index contributed by atoms with van der Waals surface area (Å²) in [5.41, 5.74) is 0.675. The van der Waals surface area contributed by atoms with E-state index in [2.05, 4.69) is 12.2 Å². The van der Waals surface area contributed by atoms with Gasteiger partial charge in [-0.1, -0.05) is 49.0 Å². The molecule has 4 nitrogen and oxygen atoms in total. The van der Waals surface area contributed by atoms with Crippen molar-refractivity contribution in [1.29, 1.82) is 5.26 Å². The minimum absolute atomic E-state index is 0.0193. The van der Waals surface area contributed by atoms with E-state index in [1.54, 1.807) is 30.3 Å². The van der Waals surface area contributed by atoms with Gasteiger partial charge in [-0.2, -0.15) is 5.26 Å². The van der Waals surface area contributed by atoms with Gasteiger partial charge in [-0.05, 0) is 43.0 Å². The van der Waals surface area contributed by atoms with Crippen LogP contribution in [0.25, 0.3) is 17.4 Å². The highest BCUT2D eigenvalue weighted by Gasteiger charge is 2.24. The average molecular weight is 403 g/mol. The van der Waals surface area contributed by atoms with Crippen LogP contribution in [0.3, 0.4) is 0 Å². The van der Waals surface area contributed by atoms with E-state index in [1.807, 2.05) is 6.07 Å². The van der Waals surface area contributed by atoms with Gasteiger partial charge in [0.1, 0.15) is 23.2 Å². The van der Waals surface area contributed by atoms with Crippen LogP contribution in [0.1, 0.15) is 38.4 Å². The first-order valence-corrected chi connectivity index (χ1v) is 9.72. The maximum atomic E-state index is 12.5. The molecule has 140 valence electrons. The molecule has 1 aromatic heterocycles. The molecule has 0 unspecified atom stereocenters. The fraction of sp³-hybridized carbons (Fsp3) is 0.333. The predicted molar refractivity (Wildman–Crippen MR) is 107 cm³/mol. The van der Waals surface area contributed by atoms with Crippen molar-refractivity contribution in [2.75, 3.05) is 0 Å². The Morgan fingerprint density at radius 2 is 2.04 bits per heavy atom. The first-order chi connectivity index (χ1) is 13.0. The zero-order valence-electron chi connectivity index (χ0n) is 15.0. The van der Waals surface area contributed by atoms with Crippen molar-refractivity contribution in [1.82, 2.24) is 5.32 Å². The van der Waals surface area contributed by atoms with Gasteiger partial charge in [-0.3, -0.25) is 4.79 Å². The van der Waals surface area contributed by atoms with Crippen LogP contribution in [0.4, 0.5) is 0 Å². The molecule has 6 heteroatoms. The molecular weight excluding hydrogens is 383 g/mol. The maximum Gasteiger partial charge on any atom is 0.262 e. The number of benzene rings is 1. The second kappa shape index (κ2) is 8.65. The topological polar surface area (TPSA) is 66.0 Å². The summed E-state index contributed by atoms with van der Waals surface area (Å²) >= 11 is 12.3. The standard InChI is InChI=1S/C21H20Cl2N2O2/c1-13-5-2-3-8-18(13)25-21(26)14(12-24)11-15-9-10-19(27-15)16-6-4-7-17(22)20(16)23/h4,6-7,9-11,13,18H,2-3,5,8H2,1H3,(H,25,26)/b14-11+/t13-,18+/m1/s1. The minimum atomic E-state index is -0.366. The van der Waals surface area contributed by atoms with Gasteiger partial charge in [-0.15, -0.1) is 0 Å². The van der Waals surface area contributed by atoms with Crippen molar-refractivity contribution in [2.45, 2.75) is 38.6 Å². The van der Waals surface area contributed by atoms with E-state index in [9.17, 15) is 10.1 Å². The number of amides is 1. The Morgan fingerprint density at radius 3 is 2.78 bits per heavy atom. The quantitative estimate of drug-likeness (QED) is 0.514. The number of carbonyl (C=O) groups excluding carboxylic acids is 1. The van der Waals surface area contributed by atoms with Gasteiger partial charge in [0.2, 0.25) is 0 Å². The smallest absolute Gasteiger partial charge is 0.262 e. The molecule has 0 radical (unpaired) electrons. The lowest BCUT2D eigenvalue weighted by Gasteiger charge is -2.29. The molecule has 1 fully saturated rings. The van der Waals surface area contributed by atoms with Gasteiger partial charge in [-0.25, -0.2) is 0 Å². The van der Waals surface area contributed by atoms with E-state index in [1.165, 1.54) is 12.5 Å². The van der Waals surface area contributed by atoms with Gasteiger partial charge in [0.25, 0.3) is 5.91 Å². The number of nitriles is 1. The molecule has 0 saturated heterocycles. The highest BCUT2D eigenvalue weighted by atomic mass is 35.5. The lowest BCUT2D eigenvalue weighted by Crippen LogP contribution is -2.41. The van der Waals surface area contributed by atoms with Crippen molar-refractivity contribution in [2.24, 2.45) is 5.92 Å². The Bertz CT molecular complexity index is 911. The molecular formula is C21H20Cl2N2O2. The number of nitrogens with zero attached hydrogens (tertiary/aromatic N) is 1. The summed E-state index contributed by atoms with van der Waals surface area (Å²) in [6, 6.07) is 10.8. The summed E-state index contributed by atoms with van der Waals surface area (Å²) in [5, 5.41) is 13.2. The van der Waals surface area contributed by atoms with E-state index in [0.29, 0.717) is 33.0 Å². The molecule has 1 aromatic carbocycles. The van der Waals surface area contributed by atoms with Crippen LogP contribution >= 0.6 is 23.2 Å². The minimum Gasteiger partial charge on any atom is -0.457 e. The molecule has 0 spiro atoms. The Hall–Kier alpha value is -2.22. The summed E-state index contributed by atoms with van der Waals surface area (Å²) in [4.78, 5) is 12.5. The van der Waals surface area contributed by atoms with E-state index in [4.69, 9.17) is 27.6 Å². The Labute approximate surface area is 168 Å². The normalized spacial score (nSPS) is 20.1. The lowest BCUT2D eigenvalue weighted by atomic mass is 9.86. The van der Waals surface area contributed by atoms with Crippen molar-refractivity contribution >= 4 is 35.2 Å². The number of rotatable bonds is 4. The molecule has 1 aliphatic carbocycles. The molecule has 1 saturated carbocycles. The van der Waals surface area contributed by atoms with Crippen molar-refractivity contribution < 1.29 is 9.21 Å². The molecule has 2 aromatic rings. The summed E-state index contributed by atoms with van der Waals surface area (Å²) < 4.78 is 5.75. The van der Waals surface area contributed by atoms with Gasteiger partial charge in [0.15, 0.2) is 0 Å². The number of halogens is 2. The third-order valence-electron chi connectivity index (χ3n) is 4.92. The average Bonchev–Trinajstić information content (AvgIpc) is 3.12. The molecule has 1 amide bonds. The molecule has 3 rings (SSSR count). The number of hydrogen-bond donors (Lipinski definition) is 1. The number of hydrogen-bond acceptors (Lipinski definition) is 3. The van der Waals surface area contributed by atoms with E-state index in [0.717, 1.165) is 19.3 Å². The molecule has 0 bridgehead atoms. The largest absolute Gasteiger partial charge is 0.457 e. The fourth-order valence-electron chi connectivity index (χ4n) is 3.34. The highest BCUT2D eigenvalue weighted by molar-refractivity contribution is 6.43. The van der Waals surface area contributed by atoms with Crippen LogP contribution in [0.5, 0.6) is 0 Å². The van der Waals surface area contributed by atoms with Crippen molar-refractivity contribution in [3.05, 3.63) is 51.7 Å². The summed E-state index contributed by atoms with van der Waals surface area (Å²) in [6.07, 6.45) is 5.78. The van der Waals surface area contributed by atoms with Crippen LogP contribution in [0.15, 0.2) is 40.3 Å². The van der Waals surface area contributed by atoms with Gasteiger partial charge >= 0.3 is 0 Å². The molecule has 27 heavy (non-hydrogen) atoms. The number of furan rings is 1. The monoisotopic (exact) mass is 402 g/mol. The second-order valence-electron chi connectivity index (χ2n) is 6.81. The van der Waals surface area contributed by atoms with Gasteiger partial charge < -0.3 is 9.73 Å². The van der Waals surface area contributed by atoms with E-state index in [-0.39, 0.29) is 17.5 Å². The van der Waals surface area contributed by atoms with Crippen molar-refractivity contribution in [3.8, 4) is 17.4 Å². The van der Waals surface area contributed by atoms with Gasteiger partial charge in [0, 0.05) is 17.7 Å². The predicted octanol–water partition coefficient (Wildman–Crippen LogP) is 5.86. The molecule has 0 aliphatic heterocycles. The van der Waals surface area contributed by atoms with Crippen LogP contribution in [-0.4, -0.2) is 11.9 Å². The van der Waals surface area contributed by atoms with E-state index < -0.39 is 0 Å². The molecule has 2 atom stereocenters. The third-order valence-corrected chi connectivity index (χ3v) is 5.74. The van der Waals surface area contributed by atoms with Crippen LogP contribution < -0.4 is 5.32 Å². The molecule has 1 aliphatic rings. The van der Waals surface area contributed by atoms with Gasteiger partial charge in [0.05, 0.1) is 10.0 Å². The highest BCUT2D eigenvalue weighted by Crippen LogP contribution is 2.34. The maximum absolute atomic E-state index is 12.5. The first kappa shape index (κ1) is 19.5. The summed E-state index contributed by atoms with van der Waals surface area (Å²) in [7, 11) is 0. The summed E-state index contributed by atoms with van der Waals surface area (Å²) in [5.74, 6) is 0.981. The zero-order valence-corrected chi connectivity index (χ0v) is 16.5. The number of carbonyl (C=O) groups is 1. The zero-order chi connectivity index (χ0) is 19.4. The molecule has 1 N–H and O–H groups in total. The number of nitrogens with one attached hydrogen (secondary N) is 1. The van der Waals surface area contributed by atoms with E-state index >= 15 is 0 Å². The second-order valence-corrected chi connectivity index (χ2v) is 7.60. The molecule has 1 heterocycles. The third kappa shape index (κ3) is 4.55. The lowest BCUT2D eigenvalue weighted by molar-refractivity contribution is -0.118. The van der Waals surface area contributed by atoms with Crippen LogP contribution in [-0.2, 0) is 4.79 Å². The Balaban J connectivity index is 1.78. The Kier molecular flexibility index (Phi) is 6.26. The van der Waals surface area contributed by atoms with Crippen molar-refractivity contribution in [3.63, 3.8) is 0 Å².